The summed E-state index contributed by atoms with van der Waals surface area (Å²) in [5.74, 6) is -0.547. The van der Waals surface area contributed by atoms with Crippen LogP contribution in [-0.2, 0) is 9.53 Å². The van der Waals surface area contributed by atoms with Gasteiger partial charge in [0.05, 0.1) is 13.5 Å². The van der Waals surface area contributed by atoms with Gasteiger partial charge < -0.3 is 4.74 Å². The number of aryl methyl sites for hydroxylation is 1. The van der Waals surface area contributed by atoms with Gasteiger partial charge in [-0.1, -0.05) is 24.3 Å². The van der Waals surface area contributed by atoms with Crippen molar-refractivity contribution in [3.8, 4) is 0 Å². The van der Waals surface area contributed by atoms with Gasteiger partial charge in [0.25, 0.3) is 0 Å². The molecule has 2 nitrogen and oxygen atoms in total. The van der Waals surface area contributed by atoms with E-state index in [0.717, 1.165) is 5.56 Å². The number of hydrogen-bond acceptors (Lipinski definition) is 2. The van der Waals surface area contributed by atoms with Crippen LogP contribution < -0.4 is 0 Å². The normalized spacial score (nSPS) is 10.6. The smallest absolute Gasteiger partial charge is 0.309 e. The van der Waals surface area contributed by atoms with E-state index in [9.17, 15) is 9.18 Å². The SMILES string of the molecule is COC(=O)CC=Cc1ccc(C)c(F)c1. The fourth-order valence-corrected chi connectivity index (χ4v) is 1.09. The third kappa shape index (κ3) is 3.54. The van der Waals surface area contributed by atoms with E-state index < -0.39 is 0 Å². The summed E-state index contributed by atoms with van der Waals surface area (Å²) in [6.45, 7) is 1.71. The molecule has 0 aliphatic rings. The van der Waals surface area contributed by atoms with Crippen LogP contribution in [0.2, 0.25) is 0 Å². The molecule has 0 fully saturated rings. The number of esters is 1. The van der Waals surface area contributed by atoms with Crippen molar-refractivity contribution in [3.63, 3.8) is 0 Å². The van der Waals surface area contributed by atoms with Crippen molar-refractivity contribution in [2.45, 2.75) is 13.3 Å². The molecular weight excluding hydrogens is 195 g/mol. The van der Waals surface area contributed by atoms with Crippen LogP contribution in [0.25, 0.3) is 6.08 Å². The Kier molecular flexibility index (Phi) is 4.03. The van der Waals surface area contributed by atoms with Gasteiger partial charge in [0.15, 0.2) is 0 Å². The minimum absolute atomic E-state index is 0.200. The van der Waals surface area contributed by atoms with Gasteiger partial charge in [-0.05, 0) is 24.1 Å². The first-order valence-corrected chi connectivity index (χ1v) is 4.63. The lowest BCUT2D eigenvalue weighted by atomic mass is 10.1. The fraction of sp³-hybridized carbons (Fsp3) is 0.250. The first-order valence-electron chi connectivity index (χ1n) is 4.63. The minimum Gasteiger partial charge on any atom is -0.469 e. The molecule has 1 rings (SSSR count). The van der Waals surface area contributed by atoms with Crippen LogP contribution in [0, 0.1) is 12.7 Å². The van der Waals surface area contributed by atoms with E-state index in [1.54, 1.807) is 31.2 Å². The summed E-state index contributed by atoms with van der Waals surface area (Å²) in [4.78, 5) is 10.8. The summed E-state index contributed by atoms with van der Waals surface area (Å²) in [5, 5.41) is 0. The average molecular weight is 208 g/mol. The molecular formula is C12H13FO2. The maximum atomic E-state index is 13.1. The average Bonchev–Trinajstić information content (AvgIpc) is 2.23. The molecule has 1 aromatic carbocycles. The number of hydrogen-bond donors (Lipinski definition) is 0. The van der Waals surface area contributed by atoms with Gasteiger partial charge in [-0.25, -0.2) is 4.39 Å². The molecule has 0 aliphatic carbocycles. The predicted octanol–water partition coefficient (Wildman–Crippen LogP) is 2.71. The van der Waals surface area contributed by atoms with Crippen LogP contribution in [0.1, 0.15) is 17.5 Å². The highest BCUT2D eigenvalue weighted by molar-refractivity contribution is 5.72. The number of ether oxygens (including phenoxy) is 1. The van der Waals surface area contributed by atoms with Crippen LogP contribution in [-0.4, -0.2) is 13.1 Å². The number of carbonyl (C=O) groups is 1. The molecule has 0 unspecified atom stereocenters. The van der Waals surface area contributed by atoms with Gasteiger partial charge in [-0.15, -0.1) is 0 Å². The van der Waals surface area contributed by atoms with E-state index in [0.29, 0.717) is 5.56 Å². The molecule has 1 aromatic rings. The Hall–Kier alpha value is -1.64. The van der Waals surface area contributed by atoms with Crippen LogP contribution in [0.15, 0.2) is 24.3 Å². The zero-order valence-corrected chi connectivity index (χ0v) is 8.79. The quantitative estimate of drug-likeness (QED) is 0.714. The molecule has 0 N–H and O–H groups in total. The zero-order chi connectivity index (χ0) is 11.3. The molecule has 0 atom stereocenters. The van der Waals surface area contributed by atoms with Crippen molar-refractivity contribution in [1.82, 2.24) is 0 Å². The molecule has 3 heteroatoms. The summed E-state index contributed by atoms with van der Waals surface area (Å²) in [6.07, 6.45) is 3.54. The largest absolute Gasteiger partial charge is 0.469 e. The highest BCUT2D eigenvalue weighted by Gasteiger charge is 1.97. The Morgan fingerprint density at radius 2 is 2.27 bits per heavy atom. The highest BCUT2D eigenvalue weighted by Crippen LogP contribution is 2.10. The monoisotopic (exact) mass is 208 g/mol. The van der Waals surface area contributed by atoms with Gasteiger partial charge in [0.2, 0.25) is 0 Å². The van der Waals surface area contributed by atoms with Crippen molar-refractivity contribution in [1.29, 1.82) is 0 Å². The predicted molar refractivity (Wildman–Crippen MR) is 56.8 cm³/mol. The van der Waals surface area contributed by atoms with Crippen molar-refractivity contribution < 1.29 is 13.9 Å². The summed E-state index contributed by atoms with van der Waals surface area (Å²) < 4.78 is 17.6. The van der Waals surface area contributed by atoms with Crippen molar-refractivity contribution in [3.05, 3.63) is 41.2 Å². The summed E-state index contributed by atoms with van der Waals surface area (Å²) in [5.41, 5.74) is 1.35. The molecule has 0 saturated heterocycles. The van der Waals surface area contributed by atoms with Gasteiger partial charge in [0.1, 0.15) is 5.82 Å². The molecule has 0 spiro atoms. The summed E-state index contributed by atoms with van der Waals surface area (Å²) >= 11 is 0. The molecule has 15 heavy (non-hydrogen) atoms. The second kappa shape index (κ2) is 5.29. The molecule has 80 valence electrons. The molecule has 0 aliphatic heterocycles. The maximum Gasteiger partial charge on any atom is 0.309 e. The number of rotatable bonds is 3. The van der Waals surface area contributed by atoms with Gasteiger partial charge in [0, 0.05) is 0 Å². The van der Waals surface area contributed by atoms with Gasteiger partial charge >= 0.3 is 5.97 Å². The van der Waals surface area contributed by atoms with Crippen molar-refractivity contribution in [2.24, 2.45) is 0 Å². The topological polar surface area (TPSA) is 26.3 Å². The van der Waals surface area contributed by atoms with Gasteiger partial charge in [-0.3, -0.25) is 4.79 Å². The first kappa shape index (κ1) is 11.4. The van der Waals surface area contributed by atoms with E-state index in [2.05, 4.69) is 4.74 Å². The summed E-state index contributed by atoms with van der Waals surface area (Å²) in [7, 11) is 1.34. The molecule has 0 saturated carbocycles. The molecule has 0 heterocycles. The fourth-order valence-electron chi connectivity index (χ4n) is 1.09. The molecule has 0 bridgehead atoms. The van der Waals surface area contributed by atoms with Crippen LogP contribution in [0.3, 0.4) is 0 Å². The lowest BCUT2D eigenvalue weighted by Gasteiger charge is -1.97. The third-order valence-electron chi connectivity index (χ3n) is 2.02. The summed E-state index contributed by atoms with van der Waals surface area (Å²) in [6, 6.07) is 4.93. The van der Waals surface area contributed by atoms with E-state index in [1.807, 2.05) is 0 Å². The molecule has 0 amide bonds. The Balaban J connectivity index is 2.65. The second-order valence-electron chi connectivity index (χ2n) is 3.19. The first-order chi connectivity index (χ1) is 7.13. The highest BCUT2D eigenvalue weighted by atomic mass is 19.1. The Morgan fingerprint density at radius 1 is 1.53 bits per heavy atom. The van der Waals surface area contributed by atoms with Crippen LogP contribution in [0.5, 0.6) is 0 Å². The van der Waals surface area contributed by atoms with Crippen molar-refractivity contribution >= 4 is 12.0 Å². The third-order valence-corrected chi connectivity index (χ3v) is 2.02. The number of halogens is 1. The van der Waals surface area contributed by atoms with E-state index in [-0.39, 0.29) is 18.2 Å². The van der Waals surface area contributed by atoms with Gasteiger partial charge in [-0.2, -0.15) is 0 Å². The van der Waals surface area contributed by atoms with E-state index in [4.69, 9.17) is 0 Å². The van der Waals surface area contributed by atoms with Crippen LogP contribution in [0.4, 0.5) is 4.39 Å². The molecule has 0 radical (unpaired) electrons. The number of methoxy groups -OCH3 is 1. The standard InChI is InChI=1S/C12H13FO2/c1-9-6-7-10(8-11(9)13)4-3-5-12(14)15-2/h3-4,6-8H,5H2,1-2H3. The number of benzene rings is 1. The second-order valence-corrected chi connectivity index (χ2v) is 3.19. The lowest BCUT2D eigenvalue weighted by molar-refractivity contribution is -0.139. The zero-order valence-electron chi connectivity index (χ0n) is 8.79. The van der Waals surface area contributed by atoms with E-state index in [1.165, 1.54) is 13.2 Å². The molecule has 0 aromatic heterocycles. The van der Waals surface area contributed by atoms with Crippen LogP contribution >= 0.6 is 0 Å². The minimum atomic E-state index is -0.307. The Morgan fingerprint density at radius 3 is 2.87 bits per heavy atom. The Bertz CT molecular complexity index is 383. The maximum absolute atomic E-state index is 13.1. The lowest BCUT2D eigenvalue weighted by Crippen LogP contribution is -1.96. The number of carbonyl (C=O) groups excluding carboxylic acids is 1. The van der Waals surface area contributed by atoms with Crippen molar-refractivity contribution in [2.75, 3.05) is 7.11 Å². The Labute approximate surface area is 88.4 Å². The van der Waals surface area contributed by atoms with E-state index >= 15 is 0 Å².